The highest BCUT2D eigenvalue weighted by molar-refractivity contribution is 5.75. The number of hydrogen-bond donors (Lipinski definition) is 0. The van der Waals surface area contributed by atoms with Crippen LogP contribution in [0.1, 0.15) is 16.7 Å². The Hall–Kier alpha value is -3.84. The molecular weight excluding hydrogens is 420 g/mol. The summed E-state index contributed by atoms with van der Waals surface area (Å²) < 4.78 is 16.9. The van der Waals surface area contributed by atoms with E-state index in [1.54, 1.807) is 0 Å². The van der Waals surface area contributed by atoms with Gasteiger partial charge in [0.25, 0.3) is 0 Å². The second kappa shape index (κ2) is 11.2. The van der Waals surface area contributed by atoms with Crippen molar-refractivity contribution >= 4 is 12.2 Å². The van der Waals surface area contributed by atoms with E-state index in [0.717, 1.165) is 16.7 Å². The zero-order chi connectivity index (χ0) is 22.9. The molecule has 1 saturated heterocycles. The predicted molar refractivity (Wildman–Crippen MR) is 122 cm³/mol. The highest BCUT2D eigenvalue weighted by Crippen LogP contribution is 2.19. The molecule has 4 rings (SSSR count). The molecule has 0 unspecified atom stereocenters. The Balaban J connectivity index is 1.39. The van der Waals surface area contributed by atoms with Crippen LogP contribution in [0.25, 0.3) is 0 Å². The van der Waals surface area contributed by atoms with Gasteiger partial charge in [-0.05, 0) is 16.7 Å². The lowest BCUT2D eigenvalue weighted by Crippen LogP contribution is -2.45. The van der Waals surface area contributed by atoms with Gasteiger partial charge in [0, 0.05) is 0 Å². The highest BCUT2D eigenvalue weighted by Gasteiger charge is 2.39. The standard InChI is InChI=1S/C26H26N2O5/c29-25(32-19-22-12-6-2-7-13-22)27-16-24(31-18-21-10-4-1-5-11-21)17-28(27)26(30)33-20-23-14-8-3-9-15-23/h1-15,24H,16-20H2. The van der Waals surface area contributed by atoms with Crippen LogP contribution < -0.4 is 0 Å². The zero-order valence-corrected chi connectivity index (χ0v) is 18.2. The summed E-state index contributed by atoms with van der Waals surface area (Å²) in [6.45, 7) is 0.990. The molecule has 3 aromatic rings. The van der Waals surface area contributed by atoms with Gasteiger partial charge < -0.3 is 14.2 Å². The molecule has 0 saturated carbocycles. The van der Waals surface area contributed by atoms with Gasteiger partial charge in [-0.2, -0.15) is 0 Å². The van der Waals surface area contributed by atoms with Crippen molar-refractivity contribution in [2.75, 3.05) is 13.1 Å². The molecule has 0 aliphatic carbocycles. The van der Waals surface area contributed by atoms with Crippen LogP contribution in [0.3, 0.4) is 0 Å². The number of rotatable bonds is 7. The van der Waals surface area contributed by atoms with E-state index in [-0.39, 0.29) is 32.4 Å². The number of carbonyl (C=O) groups excluding carboxylic acids is 2. The van der Waals surface area contributed by atoms with Crippen LogP contribution in [-0.4, -0.2) is 41.4 Å². The molecule has 2 amide bonds. The molecule has 0 N–H and O–H groups in total. The molecule has 0 radical (unpaired) electrons. The van der Waals surface area contributed by atoms with Crippen LogP contribution >= 0.6 is 0 Å². The third kappa shape index (κ3) is 6.33. The lowest BCUT2D eigenvalue weighted by molar-refractivity contribution is 0.00184. The van der Waals surface area contributed by atoms with Gasteiger partial charge in [0.1, 0.15) is 13.2 Å². The van der Waals surface area contributed by atoms with Gasteiger partial charge in [0.15, 0.2) is 0 Å². The van der Waals surface area contributed by atoms with Gasteiger partial charge in [0.2, 0.25) is 0 Å². The summed E-state index contributed by atoms with van der Waals surface area (Å²) in [7, 11) is 0. The molecule has 0 spiro atoms. The van der Waals surface area contributed by atoms with Crippen LogP contribution in [0.5, 0.6) is 0 Å². The topological polar surface area (TPSA) is 68.3 Å². The second-order valence-electron chi connectivity index (χ2n) is 7.66. The number of amides is 2. The fraction of sp³-hybridized carbons (Fsp3) is 0.231. The lowest BCUT2D eigenvalue weighted by atomic mass is 10.2. The number of carbonyl (C=O) groups is 2. The fourth-order valence-electron chi connectivity index (χ4n) is 3.47. The Morgan fingerprint density at radius 1 is 0.606 bits per heavy atom. The summed E-state index contributed by atoms with van der Waals surface area (Å²) in [5.74, 6) is 0. The van der Waals surface area contributed by atoms with Crippen molar-refractivity contribution in [3.8, 4) is 0 Å². The van der Waals surface area contributed by atoms with Gasteiger partial charge in [-0.15, -0.1) is 0 Å². The third-order valence-electron chi connectivity index (χ3n) is 5.20. The second-order valence-corrected chi connectivity index (χ2v) is 7.66. The molecule has 1 fully saturated rings. The number of ether oxygens (including phenoxy) is 3. The van der Waals surface area contributed by atoms with E-state index < -0.39 is 12.2 Å². The number of benzene rings is 3. The Bertz CT molecular complexity index is 967. The highest BCUT2D eigenvalue weighted by atomic mass is 16.6. The molecule has 1 aliphatic rings. The first kappa shape index (κ1) is 22.4. The van der Waals surface area contributed by atoms with Crippen molar-refractivity contribution < 1.29 is 23.8 Å². The van der Waals surface area contributed by atoms with Crippen molar-refractivity contribution in [2.24, 2.45) is 0 Å². The molecule has 7 heteroatoms. The van der Waals surface area contributed by atoms with Crippen molar-refractivity contribution in [3.05, 3.63) is 108 Å². The number of hydrogen-bond acceptors (Lipinski definition) is 5. The monoisotopic (exact) mass is 446 g/mol. The minimum Gasteiger partial charge on any atom is -0.443 e. The third-order valence-corrected chi connectivity index (χ3v) is 5.20. The molecule has 3 aromatic carbocycles. The summed E-state index contributed by atoms with van der Waals surface area (Å²) >= 11 is 0. The first-order chi connectivity index (χ1) is 16.2. The van der Waals surface area contributed by atoms with Gasteiger partial charge in [0.05, 0.1) is 25.8 Å². The van der Waals surface area contributed by atoms with Crippen molar-refractivity contribution in [2.45, 2.75) is 25.9 Å². The molecular formula is C26H26N2O5. The average Bonchev–Trinajstić information content (AvgIpc) is 3.31. The maximum absolute atomic E-state index is 12.8. The van der Waals surface area contributed by atoms with Gasteiger partial charge in [-0.3, -0.25) is 0 Å². The molecule has 0 bridgehead atoms. The van der Waals surface area contributed by atoms with Crippen LogP contribution in [0.15, 0.2) is 91.0 Å². The van der Waals surface area contributed by atoms with Crippen LogP contribution in [0.4, 0.5) is 9.59 Å². The molecule has 7 nitrogen and oxygen atoms in total. The SMILES string of the molecule is O=C(OCc1ccccc1)N1CC(OCc2ccccc2)CN1C(=O)OCc1ccccc1. The Labute approximate surface area is 193 Å². The Morgan fingerprint density at radius 2 is 0.970 bits per heavy atom. The summed E-state index contributed by atoms with van der Waals surface area (Å²) in [4.78, 5) is 25.7. The normalized spacial score (nSPS) is 13.7. The maximum Gasteiger partial charge on any atom is 0.429 e. The minimum atomic E-state index is -0.624. The maximum atomic E-state index is 12.8. The Kier molecular flexibility index (Phi) is 7.56. The van der Waals surface area contributed by atoms with Gasteiger partial charge >= 0.3 is 12.2 Å². The number of nitrogens with zero attached hydrogens (tertiary/aromatic N) is 2. The molecule has 1 aliphatic heterocycles. The van der Waals surface area contributed by atoms with E-state index in [1.807, 2.05) is 91.0 Å². The lowest BCUT2D eigenvalue weighted by Gasteiger charge is -2.25. The molecule has 33 heavy (non-hydrogen) atoms. The van der Waals surface area contributed by atoms with Crippen molar-refractivity contribution in [1.29, 1.82) is 0 Å². The summed E-state index contributed by atoms with van der Waals surface area (Å²) in [6.07, 6.45) is -1.61. The summed E-state index contributed by atoms with van der Waals surface area (Å²) in [6, 6.07) is 28.5. The number of hydrazine groups is 1. The van der Waals surface area contributed by atoms with Crippen molar-refractivity contribution in [3.63, 3.8) is 0 Å². The van der Waals surface area contributed by atoms with Gasteiger partial charge in [-0.1, -0.05) is 91.0 Å². The molecule has 0 aromatic heterocycles. The summed E-state index contributed by atoms with van der Waals surface area (Å²) in [5, 5.41) is 2.51. The van der Waals surface area contributed by atoms with E-state index in [9.17, 15) is 9.59 Å². The average molecular weight is 447 g/mol. The van der Waals surface area contributed by atoms with Crippen LogP contribution in [-0.2, 0) is 34.0 Å². The first-order valence-corrected chi connectivity index (χ1v) is 10.8. The van der Waals surface area contributed by atoms with Crippen LogP contribution in [0.2, 0.25) is 0 Å². The summed E-state index contributed by atoms with van der Waals surface area (Å²) in [5.41, 5.74) is 2.74. The fourth-order valence-corrected chi connectivity index (χ4v) is 3.47. The Morgan fingerprint density at radius 3 is 1.36 bits per heavy atom. The van der Waals surface area contributed by atoms with E-state index in [4.69, 9.17) is 14.2 Å². The van der Waals surface area contributed by atoms with Crippen LogP contribution in [0, 0.1) is 0 Å². The van der Waals surface area contributed by atoms with E-state index in [0.29, 0.717) is 6.61 Å². The first-order valence-electron chi connectivity index (χ1n) is 10.8. The molecule has 170 valence electrons. The molecule has 1 heterocycles. The van der Waals surface area contributed by atoms with E-state index >= 15 is 0 Å². The van der Waals surface area contributed by atoms with E-state index in [1.165, 1.54) is 10.0 Å². The quantitative estimate of drug-likeness (QED) is 0.523. The zero-order valence-electron chi connectivity index (χ0n) is 18.2. The smallest absolute Gasteiger partial charge is 0.429 e. The minimum absolute atomic E-state index is 0.110. The predicted octanol–water partition coefficient (Wildman–Crippen LogP) is 4.78. The van der Waals surface area contributed by atoms with Gasteiger partial charge in [-0.25, -0.2) is 19.6 Å². The van der Waals surface area contributed by atoms with Crippen molar-refractivity contribution in [1.82, 2.24) is 10.0 Å². The molecule has 0 atom stereocenters. The van der Waals surface area contributed by atoms with E-state index in [2.05, 4.69) is 0 Å². The largest absolute Gasteiger partial charge is 0.443 e.